The second-order valence-electron chi connectivity index (χ2n) is 3.32. The van der Waals surface area contributed by atoms with Crippen molar-refractivity contribution < 1.29 is 19.1 Å². The van der Waals surface area contributed by atoms with Crippen molar-refractivity contribution >= 4 is 32.9 Å². The molecule has 0 bridgehead atoms. The van der Waals surface area contributed by atoms with Crippen LogP contribution in [0.15, 0.2) is 21.0 Å². The van der Waals surface area contributed by atoms with E-state index in [1.807, 2.05) is 0 Å². The molecule has 0 unspecified atom stereocenters. The topological polar surface area (TPSA) is 59.7 Å². The Kier molecular flexibility index (Phi) is 2.63. The predicted octanol–water partition coefficient (Wildman–Crippen LogP) is 3.21. The van der Waals surface area contributed by atoms with Gasteiger partial charge in [-0.15, -0.1) is 0 Å². The molecule has 0 atom stereocenters. The number of ether oxygens (including phenoxy) is 1. The lowest BCUT2D eigenvalue weighted by atomic mass is 10.1. The van der Waals surface area contributed by atoms with E-state index < -0.39 is 5.97 Å². The van der Waals surface area contributed by atoms with Gasteiger partial charge in [-0.05, 0) is 35.0 Å². The molecular formula is C11H9BrO4. The van der Waals surface area contributed by atoms with Crippen molar-refractivity contribution in [3.63, 3.8) is 0 Å². The molecule has 0 saturated heterocycles. The highest BCUT2D eigenvalue weighted by Crippen LogP contribution is 2.34. The summed E-state index contributed by atoms with van der Waals surface area (Å²) in [6.07, 6.45) is 0. The van der Waals surface area contributed by atoms with Crippen molar-refractivity contribution in [3.8, 4) is 5.75 Å². The second kappa shape index (κ2) is 3.83. The Morgan fingerprint density at radius 3 is 2.75 bits per heavy atom. The molecule has 16 heavy (non-hydrogen) atoms. The summed E-state index contributed by atoms with van der Waals surface area (Å²) in [4.78, 5) is 11.1. The number of methoxy groups -OCH3 is 1. The van der Waals surface area contributed by atoms with Gasteiger partial charge in [0.25, 0.3) is 0 Å². The maximum Gasteiger partial charge on any atom is 0.339 e. The zero-order valence-electron chi connectivity index (χ0n) is 8.70. The summed E-state index contributed by atoms with van der Waals surface area (Å²) in [7, 11) is 1.53. The van der Waals surface area contributed by atoms with Crippen LogP contribution in [0.1, 0.15) is 16.1 Å². The van der Waals surface area contributed by atoms with Crippen LogP contribution in [0.4, 0.5) is 0 Å². The Morgan fingerprint density at radius 1 is 1.50 bits per heavy atom. The number of aryl methyl sites for hydroxylation is 1. The highest BCUT2D eigenvalue weighted by Gasteiger charge is 2.19. The Bertz CT molecular complexity index is 571. The fourth-order valence-electron chi connectivity index (χ4n) is 1.64. The van der Waals surface area contributed by atoms with Crippen LogP contribution in [0, 0.1) is 6.92 Å². The van der Waals surface area contributed by atoms with Crippen LogP contribution in [0.3, 0.4) is 0 Å². The van der Waals surface area contributed by atoms with Crippen LogP contribution in [0.25, 0.3) is 11.0 Å². The molecule has 1 aromatic heterocycles. The average Bonchev–Trinajstić information content (AvgIpc) is 2.51. The summed E-state index contributed by atoms with van der Waals surface area (Å²) >= 11 is 3.32. The number of furan rings is 1. The molecule has 0 fully saturated rings. The molecule has 2 aromatic rings. The molecule has 0 aliphatic heterocycles. The lowest BCUT2D eigenvalue weighted by molar-refractivity contribution is 0.0697. The highest BCUT2D eigenvalue weighted by atomic mass is 79.9. The summed E-state index contributed by atoms with van der Waals surface area (Å²) in [6, 6.07) is 3.35. The number of benzene rings is 1. The fourth-order valence-corrected chi connectivity index (χ4v) is 2.13. The molecule has 4 nitrogen and oxygen atoms in total. The van der Waals surface area contributed by atoms with Gasteiger partial charge in [0.2, 0.25) is 0 Å². The molecule has 0 aliphatic carbocycles. The van der Waals surface area contributed by atoms with Crippen molar-refractivity contribution in [1.29, 1.82) is 0 Å². The predicted molar refractivity (Wildman–Crippen MR) is 62.2 cm³/mol. The number of halogens is 1. The van der Waals surface area contributed by atoms with Gasteiger partial charge in [-0.1, -0.05) is 0 Å². The summed E-state index contributed by atoms with van der Waals surface area (Å²) < 4.78 is 11.2. The molecule has 2 rings (SSSR count). The van der Waals surface area contributed by atoms with E-state index in [1.54, 1.807) is 19.1 Å². The zero-order chi connectivity index (χ0) is 11.9. The quantitative estimate of drug-likeness (QED) is 0.920. The molecule has 0 aliphatic rings. The summed E-state index contributed by atoms with van der Waals surface area (Å²) in [5.41, 5.74) is 0.711. The molecule has 0 saturated carbocycles. The smallest absolute Gasteiger partial charge is 0.339 e. The maximum absolute atomic E-state index is 11.1. The number of fused-ring (bicyclic) bond motifs is 1. The Labute approximate surface area is 99.9 Å². The number of hydrogen-bond acceptors (Lipinski definition) is 3. The number of carboxylic acid groups (broad SMARTS) is 1. The van der Waals surface area contributed by atoms with Crippen LogP contribution >= 0.6 is 15.9 Å². The Balaban J connectivity index is 2.82. The summed E-state index contributed by atoms with van der Waals surface area (Å²) in [5, 5.41) is 9.62. The van der Waals surface area contributed by atoms with E-state index in [4.69, 9.17) is 14.3 Å². The Hall–Kier alpha value is -1.49. The molecule has 0 spiro atoms. The molecule has 1 N–H and O–H groups in total. The molecular weight excluding hydrogens is 276 g/mol. The van der Waals surface area contributed by atoms with E-state index in [-0.39, 0.29) is 5.56 Å². The number of rotatable bonds is 2. The minimum atomic E-state index is -0.999. The number of carboxylic acids is 1. The molecule has 1 aromatic carbocycles. The van der Waals surface area contributed by atoms with Crippen molar-refractivity contribution in [3.05, 3.63) is 27.9 Å². The lowest BCUT2D eigenvalue weighted by Crippen LogP contribution is -1.96. The van der Waals surface area contributed by atoms with E-state index in [0.29, 0.717) is 22.5 Å². The molecule has 0 amide bonds. The standard InChI is InChI=1S/C11H9BrO4/c1-5-10(11(13)14)6-3-9(15-2)7(12)4-8(6)16-5/h3-4H,1-2H3,(H,13,14). The third-order valence-electron chi connectivity index (χ3n) is 2.35. The summed E-state index contributed by atoms with van der Waals surface area (Å²) in [6.45, 7) is 1.63. The molecule has 0 radical (unpaired) electrons. The monoisotopic (exact) mass is 284 g/mol. The first-order chi connectivity index (χ1) is 7.54. The highest BCUT2D eigenvalue weighted by molar-refractivity contribution is 9.10. The van der Waals surface area contributed by atoms with Crippen molar-refractivity contribution in [1.82, 2.24) is 0 Å². The van der Waals surface area contributed by atoms with Crippen LogP contribution in [-0.2, 0) is 0 Å². The molecule has 5 heteroatoms. The van der Waals surface area contributed by atoms with Crippen LogP contribution < -0.4 is 4.74 Å². The number of hydrogen-bond donors (Lipinski definition) is 1. The third kappa shape index (κ3) is 1.57. The maximum atomic E-state index is 11.1. The number of carbonyl (C=O) groups is 1. The fraction of sp³-hybridized carbons (Fsp3) is 0.182. The van der Waals surface area contributed by atoms with Crippen molar-refractivity contribution in [2.45, 2.75) is 6.92 Å². The SMILES string of the molecule is COc1cc2c(C(=O)O)c(C)oc2cc1Br. The van der Waals surface area contributed by atoms with Gasteiger partial charge in [0.15, 0.2) is 0 Å². The zero-order valence-corrected chi connectivity index (χ0v) is 10.3. The molecule has 84 valence electrons. The van der Waals surface area contributed by atoms with Crippen LogP contribution in [0.5, 0.6) is 5.75 Å². The summed E-state index contributed by atoms with van der Waals surface area (Å²) in [5.74, 6) is -0.0286. The van der Waals surface area contributed by atoms with Gasteiger partial charge in [0.1, 0.15) is 22.7 Å². The van der Waals surface area contributed by atoms with Gasteiger partial charge >= 0.3 is 5.97 Å². The van der Waals surface area contributed by atoms with Gasteiger partial charge < -0.3 is 14.3 Å². The van der Waals surface area contributed by atoms with E-state index in [1.165, 1.54) is 7.11 Å². The van der Waals surface area contributed by atoms with E-state index in [9.17, 15) is 4.79 Å². The van der Waals surface area contributed by atoms with Gasteiger partial charge in [-0.3, -0.25) is 0 Å². The van der Waals surface area contributed by atoms with E-state index in [2.05, 4.69) is 15.9 Å². The van der Waals surface area contributed by atoms with E-state index in [0.717, 1.165) is 4.47 Å². The van der Waals surface area contributed by atoms with Gasteiger partial charge in [0, 0.05) is 5.39 Å². The average molecular weight is 285 g/mol. The second-order valence-corrected chi connectivity index (χ2v) is 4.18. The lowest BCUT2D eigenvalue weighted by Gasteiger charge is -2.02. The largest absolute Gasteiger partial charge is 0.496 e. The van der Waals surface area contributed by atoms with Crippen LogP contribution in [-0.4, -0.2) is 18.2 Å². The van der Waals surface area contributed by atoms with Gasteiger partial charge in [-0.2, -0.15) is 0 Å². The number of aromatic carboxylic acids is 1. The van der Waals surface area contributed by atoms with Crippen LogP contribution in [0.2, 0.25) is 0 Å². The van der Waals surface area contributed by atoms with Crippen molar-refractivity contribution in [2.24, 2.45) is 0 Å². The van der Waals surface area contributed by atoms with Gasteiger partial charge in [-0.25, -0.2) is 4.79 Å². The molecule has 1 heterocycles. The third-order valence-corrected chi connectivity index (χ3v) is 2.97. The van der Waals surface area contributed by atoms with Crippen molar-refractivity contribution in [2.75, 3.05) is 7.11 Å². The minimum absolute atomic E-state index is 0.181. The first-order valence-electron chi connectivity index (χ1n) is 4.54. The first-order valence-corrected chi connectivity index (χ1v) is 5.34. The normalized spacial score (nSPS) is 10.7. The Morgan fingerprint density at radius 2 is 2.19 bits per heavy atom. The minimum Gasteiger partial charge on any atom is -0.496 e. The van der Waals surface area contributed by atoms with E-state index >= 15 is 0 Å². The first kappa shape index (κ1) is 11.0. The van der Waals surface area contributed by atoms with Gasteiger partial charge in [0.05, 0.1) is 11.6 Å².